The van der Waals surface area contributed by atoms with E-state index in [1.807, 2.05) is 6.07 Å². The first-order valence-electron chi connectivity index (χ1n) is 3.93. The molecular formula is C8H12IN3O. The SMILES string of the molecule is C[C@@H](O)CNc1cc(I)cc(N)n1. The van der Waals surface area contributed by atoms with Gasteiger partial charge in [-0.1, -0.05) is 0 Å². The van der Waals surface area contributed by atoms with E-state index >= 15 is 0 Å². The van der Waals surface area contributed by atoms with Gasteiger partial charge in [-0.2, -0.15) is 0 Å². The van der Waals surface area contributed by atoms with Crippen LogP contribution in [0.1, 0.15) is 6.92 Å². The molecule has 4 N–H and O–H groups in total. The molecule has 0 saturated carbocycles. The van der Waals surface area contributed by atoms with Gasteiger partial charge in [0, 0.05) is 10.1 Å². The van der Waals surface area contributed by atoms with E-state index in [1.54, 1.807) is 13.0 Å². The molecule has 0 aromatic carbocycles. The van der Waals surface area contributed by atoms with Crippen molar-refractivity contribution in [3.05, 3.63) is 15.7 Å². The smallest absolute Gasteiger partial charge is 0.129 e. The summed E-state index contributed by atoms with van der Waals surface area (Å²) in [5.41, 5.74) is 5.55. The van der Waals surface area contributed by atoms with E-state index in [9.17, 15) is 0 Å². The summed E-state index contributed by atoms with van der Waals surface area (Å²) in [6.45, 7) is 2.19. The molecule has 1 aromatic rings. The van der Waals surface area contributed by atoms with Crippen molar-refractivity contribution in [2.75, 3.05) is 17.6 Å². The second-order valence-corrected chi connectivity index (χ2v) is 4.07. The number of aliphatic hydroxyl groups is 1. The average Bonchev–Trinajstić information content (AvgIpc) is 1.99. The quantitative estimate of drug-likeness (QED) is 0.729. The molecule has 0 fully saturated rings. The van der Waals surface area contributed by atoms with E-state index in [4.69, 9.17) is 10.8 Å². The van der Waals surface area contributed by atoms with Crippen LogP contribution in [-0.4, -0.2) is 22.7 Å². The van der Waals surface area contributed by atoms with Gasteiger partial charge in [0.1, 0.15) is 11.6 Å². The topological polar surface area (TPSA) is 71.2 Å². The Morgan fingerprint density at radius 2 is 2.38 bits per heavy atom. The molecular weight excluding hydrogens is 281 g/mol. The van der Waals surface area contributed by atoms with Crippen LogP contribution in [0, 0.1) is 3.57 Å². The maximum atomic E-state index is 9.03. The Hall–Kier alpha value is -0.560. The summed E-state index contributed by atoms with van der Waals surface area (Å²) in [7, 11) is 0. The molecule has 0 unspecified atom stereocenters. The minimum Gasteiger partial charge on any atom is -0.392 e. The number of pyridine rings is 1. The fraction of sp³-hybridized carbons (Fsp3) is 0.375. The molecule has 0 bridgehead atoms. The molecule has 1 heterocycles. The Morgan fingerprint density at radius 1 is 1.69 bits per heavy atom. The van der Waals surface area contributed by atoms with Crippen molar-refractivity contribution in [1.29, 1.82) is 0 Å². The third kappa shape index (κ3) is 3.77. The van der Waals surface area contributed by atoms with E-state index in [1.165, 1.54) is 0 Å². The number of aliphatic hydroxyl groups excluding tert-OH is 1. The number of aromatic nitrogens is 1. The Bertz CT molecular complexity index is 270. The highest BCUT2D eigenvalue weighted by Gasteiger charge is 1.99. The number of nitrogen functional groups attached to an aromatic ring is 1. The average molecular weight is 293 g/mol. The second-order valence-electron chi connectivity index (χ2n) is 2.83. The van der Waals surface area contributed by atoms with E-state index < -0.39 is 0 Å². The van der Waals surface area contributed by atoms with E-state index in [2.05, 4.69) is 32.9 Å². The largest absolute Gasteiger partial charge is 0.392 e. The van der Waals surface area contributed by atoms with Gasteiger partial charge < -0.3 is 16.2 Å². The van der Waals surface area contributed by atoms with Gasteiger partial charge in [0.15, 0.2) is 0 Å². The van der Waals surface area contributed by atoms with Crippen molar-refractivity contribution < 1.29 is 5.11 Å². The Kier molecular flexibility index (Phi) is 3.73. The summed E-state index contributed by atoms with van der Waals surface area (Å²) in [5, 5.41) is 12.0. The Labute approximate surface area is 90.7 Å². The molecule has 0 aliphatic rings. The van der Waals surface area contributed by atoms with E-state index in [0.717, 1.165) is 3.57 Å². The summed E-state index contributed by atoms with van der Waals surface area (Å²) in [6, 6.07) is 3.66. The molecule has 0 spiro atoms. The fourth-order valence-electron chi connectivity index (χ4n) is 0.860. The van der Waals surface area contributed by atoms with E-state index in [-0.39, 0.29) is 6.10 Å². The van der Waals surface area contributed by atoms with Gasteiger partial charge in [-0.15, -0.1) is 0 Å². The number of hydrogen-bond donors (Lipinski definition) is 3. The highest BCUT2D eigenvalue weighted by Crippen LogP contribution is 2.13. The molecule has 5 heteroatoms. The predicted octanol–water partition coefficient (Wildman–Crippen LogP) is 1.06. The van der Waals surface area contributed by atoms with Crippen LogP contribution >= 0.6 is 22.6 Å². The van der Waals surface area contributed by atoms with Gasteiger partial charge in [0.25, 0.3) is 0 Å². The van der Waals surface area contributed by atoms with Crippen molar-refractivity contribution in [2.45, 2.75) is 13.0 Å². The van der Waals surface area contributed by atoms with Crippen LogP contribution in [0.5, 0.6) is 0 Å². The van der Waals surface area contributed by atoms with Crippen molar-refractivity contribution in [3.63, 3.8) is 0 Å². The zero-order valence-corrected chi connectivity index (χ0v) is 9.45. The first-order chi connectivity index (χ1) is 6.08. The van der Waals surface area contributed by atoms with Crippen LogP contribution in [0.25, 0.3) is 0 Å². The number of anilines is 2. The lowest BCUT2D eigenvalue weighted by atomic mass is 10.4. The number of nitrogens with zero attached hydrogens (tertiary/aromatic N) is 1. The Morgan fingerprint density at radius 3 is 2.92 bits per heavy atom. The summed E-state index contributed by atoms with van der Waals surface area (Å²) in [6.07, 6.45) is -0.388. The highest BCUT2D eigenvalue weighted by molar-refractivity contribution is 14.1. The molecule has 1 aromatic heterocycles. The maximum Gasteiger partial charge on any atom is 0.129 e. The van der Waals surface area contributed by atoms with Crippen LogP contribution in [0.15, 0.2) is 12.1 Å². The molecule has 1 atom stereocenters. The summed E-state index contributed by atoms with van der Waals surface area (Å²) >= 11 is 2.17. The number of nitrogens with one attached hydrogen (secondary N) is 1. The van der Waals surface area contributed by atoms with Crippen molar-refractivity contribution in [3.8, 4) is 0 Å². The number of halogens is 1. The predicted molar refractivity (Wildman–Crippen MR) is 61.5 cm³/mol. The molecule has 13 heavy (non-hydrogen) atoms. The molecule has 72 valence electrons. The lowest BCUT2D eigenvalue weighted by Gasteiger charge is -2.08. The molecule has 0 aliphatic heterocycles. The van der Waals surface area contributed by atoms with Crippen LogP contribution in [-0.2, 0) is 0 Å². The zero-order chi connectivity index (χ0) is 9.84. The molecule has 0 radical (unpaired) electrons. The third-order valence-corrected chi connectivity index (χ3v) is 2.01. The molecule has 0 amide bonds. The lowest BCUT2D eigenvalue weighted by Crippen LogP contribution is -2.16. The van der Waals surface area contributed by atoms with Crippen molar-refractivity contribution in [1.82, 2.24) is 4.98 Å². The van der Waals surface area contributed by atoms with Crippen LogP contribution < -0.4 is 11.1 Å². The van der Waals surface area contributed by atoms with Crippen molar-refractivity contribution >= 4 is 34.2 Å². The molecule has 0 saturated heterocycles. The van der Waals surface area contributed by atoms with Gasteiger partial charge in [-0.25, -0.2) is 4.98 Å². The highest BCUT2D eigenvalue weighted by atomic mass is 127. The minimum absolute atomic E-state index is 0.388. The number of nitrogens with two attached hydrogens (primary N) is 1. The third-order valence-electron chi connectivity index (χ3n) is 1.39. The number of hydrogen-bond acceptors (Lipinski definition) is 4. The molecule has 1 rings (SSSR count). The molecule has 0 aliphatic carbocycles. The second kappa shape index (κ2) is 4.61. The van der Waals surface area contributed by atoms with Crippen LogP contribution in [0.3, 0.4) is 0 Å². The zero-order valence-electron chi connectivity index (χ0n) is 7.29. The van der Waals surface area contributed by atoms with Gasteiger partial charge in [-0.05, 0) is 41.6 Å². The Balaban J connectivity index is 2.66. The summed E-state index contributed by atoms with van der Waals surface area (Å²) < 4.78 is 1.03. The van der Waals surface area contributed by atoms with Crippen LogP contribution in [0.2, 0.25) is 0 Å². The normalized spacial score (nSPS) is 12.5. The first-order valence-corrected chi connectivity index (χ1v) is 5.01. The fourth-order valence-corrected chi connectivity index (χ4v) is 1.47. The number of rotatable bonds is 3. The lowest BCUT2D eigenvalue weighted by molar-refractivity contribution is 0.208. The van der Waals surface area contributed by atoms with Crippen molar-refractivity contribution in [2.24, 2.45) is 0 Å². The monoisotopic (exact) mass is 293 g/mol. The maximum absolute atomic E-state index is 9.03. The van der Waals surface area contributed by atoms with E-state index in [0.29, 0.717) is 18.2 Å². The minimum atomic E-state index is -0.388. The summed E-state index contributed by atoms with van der Waals surface area (Å²) in [4.78, 5) is 4.06. The van der Waals surface area contributed by atoms with Gasteiger partial charge in [-0.3, -0.25) is 0 Å². The van der Waals surface area contributed by atoms with Gasteiger partial charge in [0.05, 0.1) is 6.10 Å². The standard InChI is InChI=1S/C8H12IN3O/c1-5(13)4-11-8-3-6(9)2-7(10)12-8/h2-3,5,13H,4H2,1H3,(H3,10,11,12)/t5-/m1/s1. The van der Waals surface area contributed by atoms with Gasteiger partial charge in [0.2, 0.25) is 0 Å². The summed E-state index contributed by atoms with van der Waals surface area (Å²) in [5.74, 6) is 1.19. The van der Waals surface area contributed by atoms with Crippen LogP contribution in [0.4, 0.5) is 11.6 Å². The molecule has 4 nitrogen and oxygen atoms in total. The van der Waals surface area contributed by atoms with Gasteiger partial charge >= 0.3 is 0 Å². The first kappa shape index (κ1) is 10.5.